The van der Waals surface area contributed by atoms with Gasteiger partial charge in [-0.05, 0) is 26.2 Å². The van der Waals surface area contributed by atoms with Crippen LogP contribution in [0.4, 0.5) is 0 Å². The third-order valence-corrected chi connectivity index (χ3v) is 5.74. The normalized spacial score (nSPS) is 17.0. The molecule has 1 aliphatic heterocycles. The maximum atomic E-state index is 12.7. The number of likely N-dealkylation sites (tertiary alicyclic amines) is 1. The lowest BCUT2D eigenvalue weighted by Gasteiger charge is -2.21. The highest BCUT2D eigenvalue weighted by Gasteiger charge is 2.33. The van der Waals surface area contributed by atoms with Crippen molar-refractivity contribution in [1.82, 2.24) is 20.0 Å². The van der Waals surface area contributed by atoms with E-state index >= 15 is 0 Å². The fourth-order valence-corrected chi connectivity index (χ4v) is 4.11. The summed E-state index contributed by atoms with van der Waals surface area (Å²) in [6.07, 6.45) is 3.04. The monoisotopic (exact) mass is 368 g/mol. The first kappa shape index (κ1) is 16.9. The zero-order valence-electron chi connectivity index (χ0n) is 14.6. The SMILES string of the molecule is Cc1ncsc1CCC(=O)N1CCC[C@H]1c1nc(-c2ccccc2)no1. The summed E-state index contributed by atoms with van der Waals surface area (Å²) in [5.41, 5.74) is 3.77. The van der Waals surface area contributed by atoms with Crippen LogP contribution in [0.25, 0.3) is 11.4 Å². The lowest BCUT2D eigenvalue weighted by molar-refractivity contribution is -0.132. The van der Waals surface area contributed by atoms with Crippen molar-refractivity contribution in [3.05, 3.63) is 52.3 Å². The summed E-state index contributed by atoms with van der Waals surface area (Å²) in [4.78, 5) is 24.6. The van der Waals surface area contributed by atoms with E-state index in [1.54, 1.807) is 11.3 Å². The van der Waals surface area contributed by atoms with Crippen LogP contribution in [0.3, 0.4) is 0 Å². The van der Waals surface area contributed by atoms with Gasteiger partial charge in [-0.3, -0.25) is 4.79 Å². The summed E-state index contributed by atoms with van der Waals surface area (Å²) in [6.45, 7) is 2.73. The standard InChI is InChI=1S/C19H20N4O2S/c1-13-16(26-12-20-13)9-10-17(24)23-11-5-8-15(23)19-21-18(22-25-19)14-6-3-2-4-7-14/h2-4,6-7,12,15H,5,8-11H2,1H3/t15-/m0/s1. The van der Waals surface area contributed by atoms with Crippen molar-refractivity contribution in [2.75, 3.05) is 6.54 Å². The van der Waals surface area contributed by atoms with E-state index in [0.717, 1.165) is 37.1 Å². The Morgan fingerprint density at radius 2 is 2.19 bits per heavy atom. The molecule has 3 aromatic rings. The lowest BCUT2D eigenvalue weighted by atomic mass is 10.2. The molecule has 1 fully saturated rings. The quantitative estimate of drug-likeness (QED) is 0.685. The average molecular weight is 368 g/mol. The smallest absolute Gasteiger partial charge is 0.249 e. The number of aryl methyl sites for hydroxylation is 2. The molecule has 3 heterocycles. The number of carbonyl (C=O) groups excluding carboxylic acids is 1. The van der Waals surface area contributed by atoms with Crippen molar-refractivity contribution in [3.8, 4) is 11.4 Å². The minimum atomic E-state index is -0.116. The zero-order valence-corrected chi connectivity index (χ0v) is 15.4. The molecule has 0 unspecified atom stereocenters. The summed E-state index contributed by atoms with van der Waals surface area (Å²) in [7, 11) is 0. The van der Waals surface area contributed by atoms with Gasteiger partial charge in [0.05, 0.1) is 11.2 Å². The largest absolute Gasteiger partial charge is 0.337 e. The molecular weight excluding hydrogens is 348 g/mol. The molecule has 7 heteroatoms. The van der Waals surface area contributed by atoms with Gasteiger partial charge in [-0.2, -0.15) is 4.98 Å². The summed E-state index contributed by atoms with van der Waals surface area (Å²) in [6, 6.07) is 9.62. The van der Waals surface area contributed by atoms with Crippen LogP contribution in [0.15, 0.2) is 40.4 Å². The molecule has 1 amide bonds. The molecule has 0 aliphatic carbocycles. The van der Waals surface area contributed by atoms with Crippen LogP contribution >= 0.6 is 11.3 Å². The number of hydrogen-bond acceptors (Lipinski definition) is 6. The zero-order chi connectivity index (χ0) is 17.9. The molecule has 26 heavy (non-hydrogen) atoms. The number of carbonyl (C=O) groups is 1. The molecule has 134 valence electrons. The Hall–Kier alpha value is -2.54. The first-order valence-corrected chi connectivity index (χ1v) is 9.68. The average Bonchev–Trinajstić information content (AvgIpc) is 3.40. The van der Waals surface area contributed by atoms with Crippen molar-refractivity contribution in [2.24, 2.45) is 0 Å². The van der Waals surface area contributed by atoms with Crippen molar-refractivity contribution in [3.63, 3.8) is 0 Å². The lowest BCUT2D eigenvalue weighted by Crippen LogP contribution is -2.30. The molecule has 0 saturated carbocycles. The van der Waals surface area contributed by atoms with Crippen LogP contribution in [-0.2, 0) is 11.2 Å². The van der Waals surface area contributed by atoms with Crippen LogP contribution < -0.4 is 0 Å². The maximum absolute atomic E-state index is 12.7. The van der Waals surface area contributed by atoms with Gasteiger partial charge in [0.25, 0.3) is 0 Å². The summed E-state index contributed by atoms with van der Waals surface area (Å²) >= 11 is 1.61. The third kappa shape index (κ3) is 3.39. The molecule has 0 radical (unpaired) electrons. The van der Waals surface area contributed by atoms with Gasteiger partial charge in [-0.25, -0.2) is 4.98 Å². The molecule has 4 rings (SSSR count). The van der Waals surface area contributed by atoms with E-state index in [1.807, 2.05) is 47.7 Å². The van der Waals surface area contributed by atoms with E-state index in [4.69, 9.17) is 4.52 Å². The van der Waals surface area contributed by atoms with Crippen LogP contribution in [0.5, 0.6) is 0 Å². The van der Waals surface area contributed by atoms with Gasteiger partial charge in [-0.1, -0.05) is 35.5 Å². The number of aromatic nitrogens is 3. The van der Waals surface area contributed by atoms with Crippen LogP contribution in [0.1, 0.15) is 41.8 Å². The first-order valence-electron chi connectivity index (χ1n) is 8.80. The molecule has 1 aromatic carbocycles. The van der Waals surface area contributed by atoms with E-state index < -0.39 is 0 Å². The molecular formula is C19H20N4O2S. The minimum absolute atomic E-state index is 0.116. The van der Waals surface area contributed by atoms with Crippen molar-refractivity contribution in [1.29, 1.82) is 0 Å². The highest BCUT2D eigenvalue weighted by atomic mass is 32.1. The summed E-state index contributed by atoms with van der Waals surface area (Å²) in [5.74, 6) is 1.24. The predicted octanol–water partition coefficient (Wildman–Crippen LogP) is 3.80. The Kier molecular flexibility index (Phi) is 4.79. The molecule has 2 aromatic heterocycles. The fourth-order valence-electron chi connectivity index (χ4n) is 3.33. The Morgan fingerprint density at radius 3 is 2.96 bits per heavy atom. The maximum Gasteiger partial charge on any atom is 0.249 e. The summed E-state index contributed by atoms with van der Waals surface area (Å²) in [5, 5.41) is 4.09. The fraction of sp³-hybridized carbons (Fsp3) is 0.368. The van der Waals surface area contributed by atoms with Crippen molar-refractivity contribution >= 4 is 17.2 Å². The molecule has 0 bridgehead atoms. The number of amides is 1. The number of benzene rings is 1. The number of nitrogens with zero attached hydrogens (tertiary/aromatic N) is 4. The second-order valence-corrected chi connectivity index (χ2v) is 7.37. The van der Waals surface area contributed by atoms with Gasteiger partial charge < -0.3 is 9.42 Å². The van der Waals surface area contributed by atoms with E-state index in [-0.39, 0.29) is 11.9 Å². The minimum Gasteiger partial charge on any atom is -0.337 e. The molecule has 1 aliphatic rings. The highest BCUT2D eigenvalue weighted by Crippen LogP contribution is 2.32. The Labute approximate surface area is 155 Å². The molecule has 1 saturated heterocycles. The van der Waals surface area contributed by atoms with Crippen LogP contribution in [-0.4, -0.2) is 32.5 Å². The predicted molar refractivity (Wildman–Crippen MR) is 98.6 cm³/mol. The van der Waals surface area contributed by atoms with Gasteiger partial charge in [0, 0.05) is 23.4 Å². The highest BCUT2D eigenvalue weighted by molar-refractivity contribution is 7.09. The van der Waals surface area contributed by atoms with Gasteiger partial charge in [0.15, 0.2) is 0 Å². The number of rotatable bonds is 5. The number of thiazole rings is 1. The van der Waals surface area contributed by atoms with E-state index in [0.29, 0.717) is 18.1 Å². The first-order chi connectivity index (χ1) is 12.7. The van der Waals surface area contributed by atoms with Crippen LogP contribution in [0.2, 0.25) is 0 Å². The summed E-state index contributed by atoms with van der Waals surface area (Å²) < 4.78 is 5.49. The second-order valence-electron chi connectivity index (χ2n) is 6.43. The Bertz CT molecular complexity index is 890. The Morgan fingerprint density at radius 1 is 1.35 bits per heavy atom. The van der Waals surface area contributed by atoms with Crippen molar-refractivity contribution < 1.29 is 9.32 Å². The van der Waals surface area contributed by atoms with E-state index in [1.165, 1.54) is 4.88 Å². The van der Waals surface area contributed by atoms with Crippen LogP contribution in [0, 0.1) is 6.92 Å². The van der Waals surface area contributed by atoms with Crippen molar-refractivity contribution in [2.45, 2.75) is 38.6 Å². The molecule has 0 N–H and O–H groups in total. The van der Waals surface area contributed by atoms with Gasteiger partial charge >= 0.3 is 0 Å². The third-order valence-electron chi connectivity index (χ3n) is 4.74. The van der Waals surface area contributed by atoms with Gasteiger partial charge in [0.1, 0.15) is 6.04 Å². The second kappa shape index (κ2) is 7.37. The van der Waals surface area contributed by atoms with E-state index in [2.05, 4.69) is 15.1 Å². The molecule has 0 spiro atoms. The molecule has 6 nitrogen and oxygen atoms in total. The van der Waals surface area contributed by atoms with Gasteiger partial charge in [-0.15, -0.1) is 11.3 Å². The van der Waals surface area contributed by atoms with Gasteiger partial charge in [0.2, 0.25) is 17.6 Å². The Balaban J connectivity index is 1.45. The topological polar surface area (TPSA) is 72.1 Å². The van der Waals surface area contributed by atoms with E-state index in [9.17, 15) is 4.79 Å². The molecule has 1 atom stereocenters. The number of hydrogen-bond donors (Lipinski definition) is 0.